The third-order valence-corrected chi connectivity index (χ3v) is 2.90. The SMILES string of the molecule is CC(Cc1ccccc1F)NCc1nncn1C. The van der Waals surface area contributed by atoms with Crippen molar-refractivity contribution in [2.24, 2.45) is 7.05 Å². The molecule has 18 heavy (non-hydrogen) atoms. The van der Waals surface area contributed by atoms with Gasteiger partial charge in [0.05, 0.1) is 6.54 Å². The minimum atomic E-state index is -0.148. The van der Waals surface area contributed by atoms with Gasteiger partial charge in [-0.2, -0.15) is 0 Å². The van der Waals surface area contributed by atoms with Crippen molar-refractivity contribution in [3.8, 4) is 0 Å². The van der Waals surface area contributed by atoms with Crippen molar-refractivity contribution in [3.05, 3.63) is 47.8 Å². The molecule has 1 N–H and O–H groups in total. The van der Waals surface area contributed by atoms with Crippen LogP contribution in [0.2, 0.25) is 0 Å². The maximum Gasteiger partial charge on any atom is 0.146 e. The minimum Gasteiger partial charge on any atom is -0.320 e. The number of hydrogen-bond acceptors (Lipinski definition) is 3. The van der Waals surface area contributed by atoms with Gasteiger partial charge >= 0.3 is 0 Å². The second kappa shape index (κ2) is 5.73. The summed E-state index contributed by atoms with van der Waals surface area (Å²) in [7, 11) is 1.90. The summed E-state index contributed by atoms with van der Waals surface area (Å²) < 4.78 is 15.3. The second-order valence-corrected chi connectivity index (χ2v) is 4.44. The Balaban J connectivity index is 1.88. The van der Waals surface area contributed by atoms with Crippen molar-refractivity contribution in [1.82, 2.24) is 20.1 Å². The molecule has 0 spiro atoms. The van der Waals surface area contributed by atoms with E-state index in [9.17, 15) is 4.39 Å². The Kier molecular flexibility index (Phi) is 4.04. The molecule has 1 atom stereocenters. The van der Waals surface area contributed by atoms with E-state index in [1.807, 2.05) is 30.7 Å². The third-order valence-electron chi connectivity index (χ3n) is 2.90. The smallest absolute Gasteiger partial charge is 0.146 e. The molecular weight excluding hydrogens is 231 g/mol. The number of rotatable bonds is 5. The Labute approximate surface area is 106 Å². The zero-order chi connectivity index (χ0) is 13.0. The van der Waals surface area contributed by atoms with Crippen molar-refractivity contribution < 1.29 is 4.39 Å². The van der Waals surface area contributed by atoms with Gasteiger partial charge < -0.3 is 9.88 Å². The topological polar surface area (TPSA) is 42.7 Å². The Morgan fingerprint density at radius 1 is 1.39 bits per heavy atom. The predicted octanol–water partition coefficient (Wildman–Crippen LogP) is 1.68. The van der Waals surface area contributed by atoms with E-state index in [-0.39, 0.29) is 11.9 Å². The molecule has 0 fully saturated rings. The highest BCUT2D eigenvalue weighted by Gasteiger charge is 2.08. The number of aromatic nitrogens is 3. The summed E-state index contributed by atoms with van der Waals surface area (Å²) in [5.74, 6) is 0.722. The van der Waals surface area contributed by atoms with E-state index in [1.54, 1.807) is 12.4 Å². The number of nitrogens with zero attached hydrogens (tertiary/aromatic N) is 3. The van der Waals surface area contributed by atoms with E-state index in [0.29, 0.717) is 13.0 Å². The van der Waals surface area contributed by atoms with E-state index < -0.39 is 0 Å². The van der Waals surface area contributed by atoms with Crippen LogP contribution in [0.3, 0.4) is 0 Å². The first-order valence-corrected chi connectivity index (χ1v) is 5.96. The molecular formula is C13H17FN4. The number of nitrogens with one attached hydrogen (secondary N) is 1. The molecule has 1 heterocycles. The average molecular weight is 248 g/mol. The van der Waals surface area contributed by atoms with Gasteiger partial charge in [-0.15, -0.1) is 10.2 Å². The van der Waals surface area contributed by atoms with Gasteiger partial charge in [0.15, 0.2) is 0 Å². The van der Waals surface area contributed by atoms with E-state index in [2.05, 4.69) is 15.5 Å². The lowest BCUT2D eigenvalue weighted by atomic mass is 10.1. The fraction of sp³-hybridized carbons (Fsp3) is 0.385. The predicted molar refractivity (Wildman–Crippen MR) is 67.4 cm³/mol. The minimum absolute atomic E-state index is 0.148. The quantitative estimate of drug-likeness (QED) is 0.875. The van der Waals surface area contributed by atoms with Gasteiger partial charge in [-0.1, -0.05) is 18.2 Å². The standard InChI is InChI=1S/C13H17FN4/c1-10(7-11-5-3-4-6-12(11)14)15-8-13-17-16-9-18(13)2/h3-6,9-10,15H,7-8H2,1-2H3. The van der Waals surface area contributed by atoms with Crippen LogP contribution in [-0.4, -0.2) is 20.8 Å². The normalized spacial score (nSPS) is 12.6. The third kappa shape index (κ3) is 3.13. The van der Waals surface area contributed by atoms with Gasteiger partial charge in [-0.25, -0.2) is 4.39 Å². The van der Waals surface area contributed by atoms with Crippen LogP contribution in [0.1, 0.15) is 18.3 Å². The van der Waals surface area contributed by atoms with Crippen LogP contribution in [0.25, 0.3) is 0 Å². The lowest BCUT2D eigenvalue weighted by molar-refractivity contribution is 0.511. The number of halogens is 1. The van der Waals surface area contributed by atoms with Gasteiger partial charge in [0.25, 0.3) is 0 Å². The van der Waals surface area contributed by atoms with Gasteiger partial charge in [0.1, 0.15) is 18.0 Å². The molecule has 0 saturated heterocycles. The van der Waals surface area contributed by atoms with Crippen molar-refractivity contribution in [3.63, 3.8) is 0 Å². The zero-order valence-corrected chi connectivity index (χ0v) is 10.6. The summed E-state index contributed by atoms with van der Waals surface area (Å²) in [6, 6.07) is 7.05. The van der Waals surface area contributed by atoms with Crippen molar-refractivity contribution >= 4 is 0 Å². The maximum absolute atomic E-state index is 13.5. The summed E-state index contributed by atoms with van der Waals surface area (Å²) >= 11 is 0. The molecule has 1 aromatic heterocycles. The Morgan fingerprint density at radius 2 is 2.17 bits per heavy atom. The van der Waals surface area contributed by atoms with Gasteiger partial charge in [0.2, 0.25) is 0 Å². The summed E-state index contributed by atoms with van der Waals surface area (Å²) in [6.45, 7) is 2.66. The first-order chi connectivity index (χ1) is 8.66. The first-order valence-electron chi connectivity index (χ1n) is 5.96. The zero-order valence-electron chi connectivity index (χ0n) is 10.6. The largest absolute Gasteiger partial charge is 0.320 e. The van der Waals surface area contributed by atoms with Crippen LogP contribution < -0.4 is 5.32 Å². The van der Waals surface area contributed by atoms with Gasteiger partial charge in [-0.05, 0) is 25.0 Å². The summed E-state index contributed by atoms with van der Waals surface area (Å²) in [6.07, 6.45) is 2.32. The molecule has 5 heteroatoms. The van der Waals surface area contributed by atoms with Crippen LogP contribution in [0.4, 0.5) is 4.39 Å². The molecule has 0 radical (unpaired) electrons. The fourth-order valence-electron chi connectivity index (χ4n) is 1.80. The van der Waals surface area contributed by atoms with E-state index >= 15 is 0 Å². The van der Waals surface area contributed by atoms with Crippen molar-refractivity contribution in [1.29, 1.82) is 0 Å². The number of aryl methyl sites for hydroxylation is 1. The van der Waals surface area contributed by atoms with E-state index in [0.717, 1.165) is 11.4 Å². The van der Waals surface area contributed by atoms with Crippen LogP contribution >= 0.6 is 0 Å². The number of hydrogen-bond donors (Lipinski definition) is 1. The lowest BCUT2D eigenvalue weighted by Crippen LogP contribution is -2.29. The van der Waals surface area contributed by atoms with Crippen molar-refractivity contribution in [2.75, 3.05) is 0 Å². The highest BCUT2D eigenvalue weighted by molar-refractivity contribution is 5.18. The van der Waals surface area contributed by atoms with Crippen LogP contribution in [-0.2, 0) is 20.0 Å². The average Bonchev–Trinajstić information content (AvgIpc) is 2.75. The maximum atomic E-state index is 13.5. The molecule has 2 aromatic rings. The molecule has 0 aliphatic carbocycles. The van der Waals surface area contributed by atoms with Crippen molar-refractivity contribution in [2.45, 2.75) is 25.9 Å². The molecule has 4 nitrogen and oxygen atoms in total. The van der Waals surface area contributed by atoms with Gasteiger partial charge in [-0.3, -0.25) is 0 Å². The molecule has 0 bridgehead atoms. The van der Waals surface area contributed by atoms with E-state index in [1.165, 1.54) is 6.07 Å². The number of benzene rings is 1. The molecule has 0 aliphatic heterocycles. The first kappa shape index (κ1) is 12.7. The van der Waals surface area contributed by atoms with Crippen LogP contribution in [0.15, 0.2) is 30.6 Å². The second-order valence-electron chi connectivity index (χ2n) is 4.44. The molecule has 96 valence electrons. The molecule has 1 unspecified atom stereocenters. The molecule has 0 amide bonds. The molecule has 1 aromatic carbocycles. The highest BCUT2D eigenvalue weighted by atomic mass is 19.1. The highest BCUT2D eigenvalue weighted by Crippen LogP contribution is 2.09. The fourth-order valence-corrected chi connectivity index (χ4v) is 1.80. The molecule has 0 saturated carbocycles. The monoisotopic (exact) mass is 248 g/mol. The van der Waals surface area contributed by atoms with Crippen LogP contribution in [0.5, 0.6) is 0 Å². The summed E-state index contributed by atoms with van der Waals surface area (Å²) in [5, 5.41) is 11.1. The Morgan fingerprint density at radius 3 is 2.83 bits per heavy atom. The Bertz CT molecular complexity index is 509. The van der Waals surface area contributed by atoms with Gasteiger partial charge in [0, 0.05) is 13.1 Å². The summed E-state index contributed by atoms with van der Waals surface area (Å²) in [5.41, 5.74) is 0.732. The Hall–Kier alpha value is -1.75. The van der Waals surface area contributed by atoms with E-state index in [4.69, 9.17) is 0 Å². The van der Waals surface area contributed by atoms with Crippen LogP contribution in [0, 0.1) is 5.82 Å². The summed E-state index contributed by atoms with van der Waals surface area (Å²) in [4.78, 5) is 0. The lowest BCUT2D eigenvalue weighted by Gasteiger charge is -2.13. The molecule has 0 aliphatic rings. The molecule has 2 rings (SSSR count).